The first kappa shape index (κ1) is 12.8. The van der Waals surface area contributed by atoms with E-state index >= 15 is 0 Å². The zero-order chi connectivity index (χ0) is 13.1. The highest BCUT2D eigenvalue weighted by Crippen LogP contribution is 2.24. The number of amides is 1. The van der Waals surface area contributed by atoms with Gasteiger partial charge in [-0.2, -0.15) is 0 Å². The average Bonchev–Trinajstić information content (AvgIpc) is 2.78. The Balaban J connectivity index is 2.14. The van der Waals surface area contributed by atoms with Gasteiger partial charge in [0, 0.05) is 11.7 Å². The Bertz CT molecular complexity index is 479. The van der Waals surface area contributed by atoms with E-state index in [9.17, 15) is 4.79 Å². The molecule has 1 aromatic carbocycles. The summed E-state index contributed by atoms with van der Waals surface area (Å²) in [5.41, 5.74) is 9.01. The number of carbonyl (C=O) groups excluding carboxylic acids is 1. The SMILES string of the molecule is CCc1cccc(C)c1NC(=O)C1C=CC(N)C1. The third-order valence-corrected chi connectivity index (χ3v) is 3.44. The second kappa shape index (κ2) is 5.36. The summed E-state index contributed by atoms with van der Waals surface area (Å²) in [6, 6.07) is 6.11. The second-order valence-corrected chi connectivity index (χ2v) is 4.84. The van der Waals surface area contributed by atoms with Crippen LogP contribution in [0.25, 0.3) is 0 Å². The van der Waals surface area contributed by atoms with E-state index in [-0.39, 0.29) is 17.9 Å². The topological polar surface area (TPSA) is 55.1 Å². The molecule has 96 valence electrons. The van der Waals surface area contributed by atoms with Gasteiger partial charge in [0.25, 0.3) is 0 Å². The number of benzene rings is 1. The van der Waals surface area contributed by atoms with Crippen molar-refractivity contribution in [2.45, 2.75) is 32.7 Å². The zero-order valence-electron chi connectivity index (χ0n) is 10.9. The van der Waals surface area contributed by atoms with E-state index in [2.05, 4.69) is 18.3 Å². The maximum Gasteiger partial charge on any atom is 0.231 e. The molecule has 2 atom stereocenters. The highest BCUT2D eigenvalue weighted by molar-refractivity contribution is 5.95. The predicted molar refractivity (Wildman–Crippen MR) is 74.4 cm³/mol. The minimum atomic E-state index is -0.0932. The van der Waals surface area contributed by atoms with E-state index in [1.807, 2.05) is 31.2 Å². The molecular formula is C15H20N2O. The molecule has 0 heterocycles. The van der Waals surface area contributed by atoms with E-state index in [0.717, 1.165) is 17.7 Å². The van der Waals surface area contributed by atoms with E-state index in [4.69, 9.17) is 5.73 Å². The number of carbonyl (C=O) groups is 1. The fourth-order valence-electron chi connectivity index (χ4n) is 2.34. The van der Waals surface area contributed by atoms with Crippen molar-refractivity contribution >= 4 is 11.6 Å². The van der Waals surface area contributed by atoms with Gasteiger partial charge in [-0.3, -0.25) is 4.79 Å². The van der Waals surface area contributed by atoms with Crippen molar-refractivity contribution in [3.63, 3.8) is 0 Å². The fraction of sp³-hybridized carbons (Fsp3) is 0.400. The van der Waals surface area contributed by atoms with Gasteiger partial charge in [0.2, 0.25) is 5.91 Å². The number of para-hydroxylation sites is 1. The first-order valence-electron chi connectivity index (χ1n) is 6.45. The molecule has 0 saturated carbocycles. The normalized spacial score (nSPS) is 22.2. The van der Waals surface area contributed by atoms with Gasteiger partial charge in [-0.25, -0.2) is 0 Å². The molecule has 1 aromatic rings. The van der Waals surface area contributed by atoms with Crippen molar-refractivity contribution in [3.05, 3.63) is 41.5 Å². The van der Waals surface area contributed by atoms with Crippen molar-refractivity contribution in [1.82, 2.24) is 0 Å². The highest BCUT2D eigenvalue weighted by atomic mass is 16.1. The number of nitrogens with one attached hydrogen (secondary N) is 1. The van der Waals surface area contributed by atoms with Gasteiger partial charge in [-0.15, -0.1) is 0 Å². The van der Waals surface area contributed by atoms with Crippen molar-refractivity contribution in [3.8, 4) is 0 Å². The second-order valence-electron chi connectivity index (χ2n) is 4.84. The van der Waals surface area contributed by atoms with Crippen LogP contribution in [0, 0.1) is 12.8 Å². The Labute approximate surface area is 108 Å². The minimum absolute atomic E-state index is 0.0169. The third-order valence-electron chi connectivity index (χ3n) is 3.44. The van der Waals surface area contributed by atoms with Gasteiger partial charge >= 0.3 is 0 Å². The number of hydrogen-bond acceptors (Lipinski definition) is 2. The zero-order valence-corrected chi connectivity index (χ0v) is 10.9. The summed E-state index contributed by atoms with van der Waals surface area (Å²) in [6.45, 7) is 4.11. The largest absolute Gasteiger partial charge is 0.325 e. The van der Waals surface area contributed by atoms with Crippen LogP contribution in [-0.4, -0.2) is 11.9 Å². The Kier molecular flexibility index (Phi) is 3.82. The molecule has 0 fully saturated rings. The van der Waals surface area contributed by atoms with Gasteiger partial charge in [-0.05, 0) is 30.9 Å². The summed E-state index contributed by atoms with van der Waals surface area (Å²) in [5, 5.41) is 3.05. The van der Waals surface area contributed by atoms with Gasteiger partial charge in [-0.1, -0.05) is 37.3 Å². The smallest absolute Gasteiger partial charge is 0.231 e. The fourth-order valence-corrected chi connectivity index (χ4v) is 2.34. The Morgan fingerprint density at radius 1 is 1.44 bits per heavy atom. The number of rotatable bonds is 3. The van der Waals surface area contributed by atoms with Gasteiger partial charge in [0.05, 0.1) is 5.92 Å². The molecule has 0 bridgehead atoms. The summed E-state index contributed by atoms with van der Waals surface area (Å²) in [5.74, 6) is -0.0486. The Morgan fingerprint density at radius 2 is 2.22 bits per heavy atom. The van der Waals surface area contributed by atoms with Gasteiger partial charge < -0.3 is 11.1 Å². The monoisotopic (exact) mass is 244 g/mol. The molecule has 1 aliphatic carbocycles. The van der Waals surface area contributed by atoms with Crippen LogP contribution in [0.1, 0.15) is 24.5 Å². The predicted octanol–water partition coefficient (Wildman–Crippen LogP) is 2.40. The van der Waals surface area contributed by atoms with Crippen LogP contribution >= 0.6 is 0 Å². The Hall–Kier alpha value is -1.61. The number of aryl methyl sites for hydroxylation is 2. The average molecular weight is 244 g/mol. The lowest BCUT2D eigenvalue weighted by Crippen LogP contribution is -2.24. The molecule has 0 aliphatic heterocycles. The first-order chi connectivity index (χ1) is 8.61. The van der Waals surface area contributed by atoms with Crippen LogP contribution in [-0.2, 0) is 11.2 Å². The summed E-state index contributed by atoms with van der Waals surface area (Å²) >= 11 is 0. The van der Waals surface area contributed by atoms with Crippen molar-refractivity contribution in [1.29, 1.82) is 0 Å². The molecule has 1 amide bonds. The standard InChI is InChI=1S/C15H20N2O/c1-3-11-6-4-5-10(2)14(11)17-15(18)12-7-8-13(16)9-12/h4-8,12-13H,3,9,16H2,1-2H3,(H,17,18). The number of anilines is 1. The van der Waals surface area contributed by atoms with E-state index in [0.29, 0.717) is 6.42 Å². The molecule has 18 heavy (non-hydrogen) atoms. The maximum absolute atomic E-state index is 12.2. The molecule has 0 spiro atoms. The molecule has 2 unspecified atom stereocenters. The molecule has 1 aliphatic rings. The summed E-state index contributed by atoms with van der Waals surface area (Å²) in [7, 11) is 0. The van der Waals surface area contributed by atoms with Crippen molar-refractivity contribution < 1.29 is 4.79 Å². The molecule has 3 heteroatoms. The molecule has 2 rings (SSSR count). The van der Waals surface area contributed by atoms with Crippen LogP contribution in [0.4, 0.5) is 5.69 Å². The summed E-state index contributed by atoms with van der Waals surface area (Å²) in [4.78, 5) is 12.2. The van der Waals surface area contributed by atoms with Crippen LogP contribution in [0.5, 0.6) is 0 Å². The van der Waals surface area contributed by atoms with Crippen molar-refractivity contribution in [2.24, 2.45) is 11.7 Å². The third kappa shape index (κ3) is 2.62. The van der Waals surface area contributed by atoms with E-state index < -0.39 is 0 Å². The molecule has 0 aromatic heterocycles. The quantitative estimate of drug-likeness (QED) is 0.802. The van der Waals surface area contributed by atoms with Gasteiger partial charge in [0.15, 0.2) is 0 Å². The lowest BCUT2D eigenvalue weighted by Gasteiger charge is -2.15. The maximum atomic E-state index is 12.2. The lowest BCUT2D eigenvalue weighted by molar-refractivity contribution is -0.118. The van der Waals surface area contributed by atoms with E-state index in [1.54, 1.807) is 0 Å². The highest BCUT2D eigenvalue weighted by Gasteiger charge is 2.23. The molecule has 3 N–H and O–H groups in total. The van der Waals surface area contributed by atoms with Crippen LogP contribution in [0.15, 0.2) is 30.4 Å². The Morgan fingerprint density at radius 3 is 2.83 bits per heavy atom. The summed E-state index contributed by atoms with van der Waals surface area (Å²) < 4.78 is 0. The molecule has 3 nitrogen and oxygen atoms in total. The van der Waals surface area contributed by atoms with Crippen LogP contribution < -0.4 is 11.1 Å². The molecule has 0 saturated heterocycles. The van der Waals surface area contributed by atoms with Crippen LogP contribution in [0.3, 0.4) is 0 Å². The number of hydrogen-bond donors (Lipinski definition) is 2. The summed E-state index contributed by atoms with van der Waals surface area (Å²) in [6.07, 6.45) is 5.43. The minimum Gasteiger partial charge on any atom is -0.325 e. The van der Waals surface area contributed by atoms with E-state index in [1.165, 1.54) is 5.56 Å². The van der Waals surface area contributed by atoms with Gasteiger partial charge in [0.1, 0.15) is 0 Å². The van der Waals surface area contributed by atoms with Crippen LogP contribution in [0.2, 0.25) is 0 Å². The lowest BCUT2D eigenvalue weighted by atomic mass is 10.0. The first-order valence-corrected chi connectivity index (χ1v) is 6.45. The molecular weight excluding hydrogens is 224 g/mol. The van der Waals surface area contributed by atoms with Crippen molar-refractivity contribution in [2.75, 3.05) is 5.32 Å². The molecule has 0 radical (unpaired) electrons. The number of nitrogens with two attached hydrogens (primary N) is 1.